The van der Waals surface area contributed by atoms with Crippen molar-refractivity contribution in [1.29, 1.82) is 0 Å². The van der Waals surface area contributed by atoms with Gasteiger partial charge in [-0.15, -0.1) is 10.2 Å². The van der Waals surface area contributed by atoms with Gasteiger partial charge < -0.3 is 11.1 Å². The highest BCUT2D eigenvalue weighted by atomic mass is 35.5. The van der Waals surface area contributed by atoms with Crippen molar-refractivity contribution >= 4 is 28.8 Å². The van der Waals surface area contributed by atoms with Gasteiger partial charge in [-0.05, 0) is 36.4 Å². The van der Waals surface area contributed by atoms with E-state index in [4.69, 9.17) is 17.3 Å². The van der Waals surface area contributed by atoms with E-state index in [1.54, 1.807) is 12.1 Å². The molecule has 2 aromatic rings. The number of nitrogens with one attached hydrogen (secondary N) is 1. The number of anilines is 3. The average Bonchev–Trinajstić information content (AvgIpc) is 2.25. The van der Waals surface area contributed by atoms with Crippen molar-refractivity contribution in [3.05, 3.63) is 41.6 Å². The molecule has 76 valence electrons. The summed E-state index contributed by atoms with van der Waals surface area (Å²) >= 11 is 5.62. The molecule has 0 aliphatic rings. The van der Waals surface area contributed by atoms with E-state index in [9.17, 15) is 0 Å². The van der Waals surface area contributed by atoms with E-state index in [1.807, 2.05) is 24.3 Å². The first kappa shape index (κ1) is 9.73. The molecule has 1 aromatic heterocycles. The first-order valence-corrected chi connectivity index (χ1v) is 4.73. The van der Waals surface area contributed by atoms with E-state index in [0.717, 1.165) is 11.4 Å². The number of halogens is 1. The lowest BCUT2D eigenvalue weighted by molar-refractivity contribution is 1.04. The Balaban J connectivity index is 2.15. The van der Waals surface area contributed by atoms with Gasteiger partial charge in [-0.2, -0.15) is 0 Å². The molecule has 0 spiro atoms. The molecule has 0 saturated heterocycles. The molecule has 4 nitrogen and oxygen atoms in total. The molecule has 15 heavy (non-hydrogen) atoms. The van der Waals surface area contributed by atoms with Gasteiger partial charge in [-0.25, -0.2) is 0 Å². The van der Waals surface area contributed by atoms with Crippen LogP contribution in [-0.4, -0.2) is 10.2 Å². The molecule has 0 radical (unpaired) electrons. The summed E-state index contributed by atoms with van der Waals surface area (Å²) in [6.45, 7) is 0. The van der Waals surface area contributed by atoms with Crippen molar-refractivity contribution in [3.8, 4) is 0 Å². The Morgan fingerprint density at radius 3 is 2.33 bits per heavy atom. The van der Waals surface area contributed by atoms with Crippen LogP contribution in [0.3, 0.4) is 0 Å². The van der Waals surface area contributed by atoms with E-state index in [2.05, 4.69) is 15.5 Å². The van der Waals surface area contributed by atoms with Crippen LogP contribution < -0.4 is 11.1 Å². The number of aromatic nitrogens is 2. The van der Waals surface area contributed by atoms with Gasteiger partial charge in [0.25, 0.3) is 0 Å². The molecular formula is C10H9ClN4. The third-order valence-corrected chi connectivity index (χ3v) is 2.02. The van der Waals surface area contributed by atoms with Crippen LogP contribution in [-0.2, 0) is 0 Å². The smallest absolute Gasteiger partial charge is 0.153 e. The number of hydrogen-bond acceptors (Lipinski definition) is 4. The number of nitrogens with two attached hydrogens (primary N) is 1. The van der Waals surface area contributed by atoms with Gasteiger partial charge in [-0.1, -0.05) is 11.6 Å². The Hall–Kier alpha value is -1.81. The molecule has 0 saturated carbocycles. The summed E-state index contributed by atoms with van der Waals surface area (Å²) in [5, 5.41) is 11.0. The van der Waals surface area contributed by atoms with E-state index in [0.29, 0.717) is 11.0 Å². The van der Waals surface area contributed by atoms with Crippen LogP contribution in [0.15, 0.2) is 36.4 Å². The number of benzene rings is 1. The lowest BCUT2D eigenvalue weighted by Gasteiger charge is -2.04. The SMILES string of the molecule is Nc1ccc(Nc2ccc(Cl)nn2)cc1. The third-order valence-electron chi connectivity index (χ3n) is 1.82. The van der Waals surface area contributed by atoms with Gasteiger partial charge in [0, 0.05) is 11.4 Å². The normalized spacial score (nSPS) is 9.93. The number of nitrogen functional groups attached to an aromatic ring is 1. The first-order valence-electron chi connectivity index (χ1n) is 4.36. The Bertz CT molecular complexity index is 394. The van der Waals surface area contributed by atoms with Crippen molar-refractivity contribution in [2.24, 2.45) is 0 Å². The Morgan fingerprint density at radius 1 is 1.00 bits per heavy atom. The van der Waals surface area contributed by atoms with Gasteiger partial charge in [0.2, 0.25) is 0 Å². The van der Waals surface area contributed by atoms with Crippen LogP contribution in [0.25, 0.3) is 0 Å². The van der Waals surface area contributed by atoms with Gasteiger partial charge in [-0.3, -0.25) is 0 Å². The van der Waals surface area contributed by atoms with Gasteiger partial charge in [0.05, 0.1) is 0 Å². The summed E-state index contributed by atoms with van der Waals surface area (Å²) in [5.41, 5.74) is 7.20. The quantitative estimate of drug-likeness (QED) is 0.764. The van der Waals surface area contributed by atoms with E-state index in [-0.39, 0.29) is 0 Å². The summed E-state index contributed by atoms with van der Waals surface area (Å²) in [4.78, 5) is 0. The van der Waals surface area contributed by atoms with Crippen molar-refractivity contribution < 1.29 is 0 Å². The van der Waals surface area contributed by atoms with E-state index in [1.165, 1.54) is 0 Å². The largest absolute Gasteiger partial charge is 0.399 e. The Morgan fingerprint density at radius 2 is 1.73 bits per heavy atom. The van der Waals surface area contributed by atoms with Crippen LogP contribution >= 0.6 is 11.6 Å². The number of nitrogens with zero attached hydrogens (tertiary/aromatic N) is 2. The number of rotatable bonds is 2. The van der Waals surface area contributed by atoms with Gasteiger partial charge in [0.15, 0.2) is 11.0 Å². The monoisotopic (exact) mass is 220 g/mol. The molecule has 0 atom stereocenters. The molecule has 3 N–H and O–H groups in total. The molecular weight excluding hydrogens is 212 g/mol. The molecule has 0 aliphatic heterocycles. The summed E-state index contributed by atoms with van der Waals surface area (Å²) in [6.07, 6.45) is 0. The zero-order chi connectivity index (χ0) is 10.7. The van der Waals surface area contributed by atoms with Crippen molar-refractivity contribution in [3.63, 3.8) is 0 Å². The predicted molar refractivity (Wildman–Crippen MR) is 61.2 cm³/mol. The Kier molecular flexibility index (Phi) is 2.69. The second kappa shape index (κ2) is 4.14. The fourth-order valence-corrected chi connectivity index (χ4v) is 1.20. The molecule has 0 amide bonds. The van der Waals surface area contributed by atoms with Crippen LogP contribution in [0.4, 0.5) is 17.2 Å². The zero-order valence-electron chi connectivity index (χ0n) is 7.81. The fourth-order valence-electron chi connectivity index (χ4n) is 1.10. The highest BCUT2D eigenvalue weighted by Crippen LogP contribution is 2.16. The average molecular weight is 221 g/mol. The molecule has 0 aliphatic carbocycles. The predicted octanol–water partition coefficient (Wildman–Crippen LogP) is 2.46. The molecule has 1 heterocycles. The molecule has 2 rings (SSSR count). The fraction of sp³-hybridized carbons (Fsp3) is 0. The van der Waals surface area contributed by atoms with Crippen LogP contribution in [0, 0.1) is 0 Å². The highest BCUT2D eigenvalue weighted by Gasteiger charge is 1.96. The summed E-state index contributed by atoms with van der Waals surface area (Å²) < 4.78 is 0. The Labute approximate surface area is 92.1 Å². The second-order valence-corrected chi connectivity index (χ2v) is 3.38. The first-order chi connectivity index (χ1) is 7.24. The topological polar surface area (TPSA) is 63.8 Å². The van der Waals surface area contributed by atoms with Crippen molar-refractivity contribution in [2.75, 3.05) is 11.1 Å². The van der Waals surface area contributed by atoms with E-state index >= 15 is 0 Å². The zero-order valence-corrected chi connectivity index (χ0v) is 8.57. The van der Waals surface area contributed by atoms with Gasteiger partial charge >= 0.3 is 0 Å². The lowest BCUT2D eigenvalue weighted by atomic mass is 10.3. The summed E-state index contributed by atoms with van der Waals surface area (Å²) in [7, 11) is 0. The molecule has 0 bridgehead atoms. The molecule has 0 unspecified atom stereocenters. The molecule has 0 fully saturated rings. The summed E-state index contributed by atoms with van der Waals surface area (Å²) in [6, 6.07) is 10.8. The van der Waals surface area contributed by atoms with Crippen molar-refractivity contribution in [2.45, 2.75) is 0 Å². The molecule has 1 aromatic carbocycles. The minimum atomic E-state index is 0.373. The van der Waals surface area contributed by atoms with E-state index < -0.39 is 0 Å². The van der Waals surface area contributed by atoms with Crippen LogP contribution in [0.5, 0.6) is 0 Å². The van der Waals surface area contributed by atoms with Crippen LogP contribution in [0.1, 0.15) is 0 Å². The third kappa shape index (κ3) is 2.57. The van der Waals surface area contributed by atoms with Gasteiger partial charge in [0.1, 0.15) is 0 Å². The number of hydrogen-bond donors (Lipinski definition) is 2. The second-order valence-electron chi connectivity index (χ2n) is 2.99. The van der Waals surface area contributed by atoms with Crippen molar-refractivity contribution in [1.82, 2.24) is 10.2 Å². The minimum absolute atomic E-state index is 0.373. The summed E-state index contributed by atoms with van der Waals surface area (Å²) in [5.74, 6) is 0.643. The minimum Gasteiger partial charge on any atom is -0.399 e. The maximum absolute atomic E-state index is 5.62. The molecule has 5 heteroatoms. The standard InChI is InChI=1S/C10H9ClN4/c11-9-5-6-10(15-14-9)13-8-3-1-7(12)2-4-8/h1-6H,12H2,(H,13,15). The maximum atomic E-state index is 5.62. The highest BCUT2D eigenvalue weighted by molar-refractivity contribution is 6.29. The lowest BCUT2D eigenvalue weighted by Crippen LogP contribution is -1.95. The maximum Gasteiger partial charge on any atom is 0.153 e. The van der Waals surface area contributed by atoms with Crippen LogP contribution in [0.2, 0.25) is 5.15 Å².